The largest absolute Gasteiger partial charge is 0.378 e. The van der Waals surface area contributed by atoms with Gasteiger partial charge in [-0.3, -0.25) is 18.9 Å². The number of aliphatic hydroxyl groups is 1. The molecule has 1 fully saturated rings. The topological polar surface area (TPSA) is 144 Å². The Morgan fingerprint density at radius 3 is 2.44 bits per heavy atom. The van der Waals surface area contributed by atoms with Crippen LogP contribution < -0.4 is 10.0 Å². The van der Waals surface area contributed by atoms with Crippen molar-refractivity contribution in [2.45, 2.75) is 63.1 Å². The zero-order valence-electron chi connectivity index (χ0n) is 29.6. The summed E-state index contributed by atoms with van der Waals surface area (Å²) in [5.74, 6) is -2.80. The van der Waals surface area contributed by atoms with Crippen molar-refractivity contribution in [1.82, 2.24) is 29.9 Å². The number of halogens is 6. The monoisotopic (exact) mass is 785 g/mol. The van der Waals surface area contributed by atoms with Gasteiger partial charge in [0, 0.05) is 41.1 Å². The number of aryl methyl sites for hydroxylation is 1. The molecule has 55 heavy (non-hydrogen) atoms. The highest BCUT2D eigenvalue weighted by Crippen LogP contribution is 2.68. The first-order valence-corrected chi connectivity index (χ1v) is 18.8. The standard InChI is InChI=1S/C37H33F6N7O4S/c1-36(2,52)11-10-21-8-9-22(23-6-5-7-24-32(23)49(3)47-35(24)48-55(4,53)54)30(44-21)27(14-18-12-19(38)15-20(39)13-18)45-28(51)17-50-33-29(31(46-50)34(40)41)25-16-26(25)37(33,42)43/h5-9,12-13,15,25-27,34,52H,14,16-17H2,1-4H3,(H,45,51)(H,47,48)/t25-,26?,27-/m0/s1. The molecule has 0 radical (unpaired) electrons. The van der Waals surface area contributed by atoms with E-state index >= 15 is 8.78 Å². The SMILES string of the molecule is Cn1nc(NS(C)(=O)=O)c2cccc(-c3ccc(C#CC(C)(C)O)nc3[C@H](Cc3cc(F)cc(F)c3)NC(=O)Cn3nc(C(F)F)c4c3C(F)(F)C3C[C@H]43)c21. The summed E-state index contributed by atoms with van der Waals surface area (Å²) in [4.78, 5) is 18.6. The second-order valence-electron chi connectivity index (χ2n) is 14.3. The fourth-order valence-electron chi connectivity index (χ4n) is 7.19. The average molecular weight is 786 g/mol. The van der Waals surface area contributed by atoms with Crippen LogP contribution >= 0.6 is 0 Å². The van der Waals surface area contributed by atoms with Gasteiger partial charge in [0.05, 0.1) is 23.5 Å². The fraction of sp³-hybridized carbons (Fsp3) is 0.351. The lowest BCUT2D eigenvalue weighted by atomic mass is 9.93. The van der Waals surface area contributed by atoms with Crippen LogP contribution in [0.3, 0.4) is 0 Å². The maximum atomic E-state index is 15.4. The van der Waals surface area contributed by atoms with E-state index in [9.17, 15) is 35.9 Å². The lowest BCUT2D eigenvalue weighted by Crippen LogP contribution is -2.35. The molecule has 5 aromatic rings. The van der Waals surface area contributed by atoms with E-state index in [1.54, 1.807) is 31.3 Å². The molecule has 3 atom stereocenters. The summed E-state index contributed by atoms with van der Waals surface area (Å²) >= 11 is 0. The Hall–Kier alpha value is -5.41. The summed E-state index contributed by atoms with van der Waals surface area (Å²) in [5, 5.41) is 21.5. The molecule has 0 spiro atoms. The Morgan fingerprint density at radius 1 is 1.07 bits per heavy atom. The summed E-state index contributed by atoms with van der Waals surface area (Å²) in [7, 11) is -2.18. The van der Waals surface area contributed by atoms with E-state index in [0.717, 1.165) is 18.4 Å². The van der Waals surface area contributed by atoms with E-state index in [1.165, 1.54) is 24.6 Å². The molecule has 1 unspecified atom stereocenters. The van der Waals surface area contributed by atoms with Gasteiger partial charge in [0.25, 0.3) is 12.3 Å². The van der Waals surface area contributed by atoms with Crippen molar-refractivity contribution in [2.75, 3.05) is 11.0 Å². The first kappa shape index (κ1) is 37.9. The molecule has 1 saturated carbocycles. The number of alkyl halides is 4. The molecular weight excluding hydrogens is 753 g/mol. The fourth-order valence-corrected chi connectivity index (χ4v) is 7.70. The predicted octanol–water partition coefficient (Wildman–Crippen LogP) is 5.85. The second-order valence-corrected chi connectivity index (χ2v) is 16.0. The van der Waals surface area contributed by atoms with Crippen LogP contribution in [0.5, 0.6) is 0 Å². The number of carbonyl (C=O) groups excluding carboxylic acids is 1. The van der Waals surface area contributed by atoms with Crippen LogP contribution in [0, 0.1) is 29.4 Å². The number of nitrogens with zero attached hydrogens (tertiary/aromatic N) is 5. The molecule has 11 nitrogen and oxygen atoms in total. The third-order valence-electron chi connectivity index (χ3n) is 9.35. The van der Waals surface area contributed by atoms with Gasteiger partial charge >= 0.3 is 0 Å². The van der Waals surface area contributed by atoms with Crippen LogP contribution in [0.2, 0.25) is 0 Å². The first-order valence-electron chi connectivity index (χ1n) is 16.9. The summed E-state index contributed by atoms with van der Waals surface area (Å²) in [6.07, 6.45) is -2.48. The zero-order chi connectivity index (χ0) is 39.8. The molecule has 2 aromatic carbocycles. The number of nitrogens with one attached hydrogen (secondary N) is 2. The number of hydrogen-bond donors (Lipinski definition) is 3. The molecule has 2 aliphatic carbocycles. The molecule has 0 aliphatic heterocycles. The summed E-state index contributed by atoms with van der Waals surface area (Å²) < 4.78 is 116. The van der Waals surface area contributed by atoms with Crippen LogP contribution in [0.1, 0.15) is 72.6 Å². The summed E-state index contributed by atoms with van der Waals surface area (Å²) in [6, 6.07) is 9.48. The van der Waals surface area contributed by atoms with E-state index in [0.29, 0.717) is 32.8 Å². The molecule has 3 heterocycles. The van der Waals surface area contributed by atoms with Crippen molar-refractivity contribution >= 4 is 32.7 Å². The maximum Gasteiger partial charge on any atom is 0.293 e. The lowest BCUT2D eigenvalue weighted by molar-refractivity contribution is -0.123. The van der Waals surface area contributed by atoms with Gasteiger partial charge < -0.3 is 10.4 Å². The average Bonchev–Trinajstić information content (AvgIpc) is 3.62. The van der Waals surface area contributed by atoms with Gasteiger partial charge in [-0.05, 0) is 74.4 Å². The van der Waals surface area contributed by atoms with Gasteiger partial charge in [0.15, 0.2) is 5.82 Å². The normalized spacial score (nSPS) is 17.7. The Bertz CT molecular complexity index is 2530. The van der Waals surface area contributed by atoms with Gasteiger partial charge in [-0.1, -0.05) is 18.1 Å². The van der Waals surface area contributed by atoms with Crippen molar-refractivity contribution in [2.24, 2.45) is 13.0 Å². The van der Waals surface area contributed by atoms with Crippen molar-refractivity contribution in [3.05, 3.63) is 94.1 Å². The molecule has 1 amide bonds. The van der Waals surface area contributed by atoms with Crippen molar-refractivity contribution in [3.63, 3.8) is 0 Å². The Balaban J connectivity index is 1.37. The van der Waals surface area contributed by atoms with Crippen LogP contribution in [0.15, 0.2) is 48.5 Å². The first-order chi connectivity index (χ1) is 25.7. The predicted molar refractivity (Wildman–Crippen MR) is 188 cm³/mol. The molecule has 3 N–H and O–H groups in total. The highest BCUT2D eigenvalue weighted by molar-refractivity contribution is 7.92. The number of sulfonamides is 1. The molecule has 2 aliphatic rings. The van der Waals surface area contributed by atoms with Gasteiger partial charge in [-0.15, -0.1) is 0 Å². The Morgan fingerprint density at radius 2 is 1.78 bits per heavy atom. The van der Waals surface area contributed by atoms with E-state index in [4.69, 9.17) is 4.98 Å². The number of fused-ring (bicyclic) bond motifs is 4. The second kappa shape index (κ2) is 13.4. The maximum absolute atomic E-state index is 15.4. The number of para-hydroxylation sites is 1. The molecule has 3 aromatic heterocycles. The van der Waals surface area contributed by atoms with Crippen LogP contribution in [0.4, 0.5) is 32.2 Å². The molecule has 0 bridgehead atoms. The van der Waals surface area contributed by atoms with E-state index in [1.807, 2.05) is 0 Å². The smallest absolute Gasteiger partial charge is 0.293 e. The number of amides is 1. The number of aromatic nitrogens is 5. The molecule has 18 heteroatoms. The number of hydrogen-bond acceptors (Lipinski definition) is 7. The van der Waals surface area contributed by atoms with Gasteiger partial charge in [0.1, 0.15) is 40.9 Å². The van der Waals surface area contributed by atoms with Crippen LogP contribution in [0.25, 0.3) is 22.0 Å². The highest BCUT2D eigenvalue weighted by Gasteiger charge is 2.67. The minimum Gasteiger partial charge on any atom is -0.378 e. The van der Waals surface area contributed by atoms with Gasteiger partial charge in [0.2, 0.25) is 15.9 Å². The quantitative estimate of drug-likeness (QED) is 0.119. The van der Waals surface area contributed by atoms with Crippen LogP contribution in [-0.4, -0.2) is 55.8 Å². The number of benzene rings is 2. The van der Waals surface area contributed by atoms with Crippen molar-refractivity contribution in [1.29, 1.82) is 0 Å². The van der Waals surface area contributed by atoms with Gasteiger partial charge in [-0.25, -0.2) is 31.0 Å². The number of rotatable bonds is 10. The van der Waals surface area contributed by atoms with E-state index in [2.05, 4.69) is 32.1 Å². The number of anilines is 1. The molecule has 288 valence electrons. The Kier molecular flexibility index (Phi) is 9.24. The molecular formula is C37H33F6N7O4S. The van der Waals surface area contributed by atoms with Crippen molar-refractivity contribution in [3.8, 4) is 23.0 Å². The lowest BCUT2D eigenvalue weighted by Gasteiger charge is -2.23. The molecule has 0 saturated heterocycles. The molecule has 7 rings (SSSR count). The zero-order valence-corrected chi connectivity index (χ0v) is 30.5. The number of pyridine rings is 1. The van der Waals surface area contributed by atoms with E-state index in [-0.39, 0.29) is 41.2 Å². The third kappa shape index (κ3) is 7.50. The van der Waals surface area contributed by atoms with E-state index < -0.39 is 81.3 Å². The summed E-state index contributed by atoms with van der Waals surface area (Å²) in [6.45, 7) is 1.99. The number of carbonyl (C=O) groups is 1. The van der Waals surface area contributed by atoms with Gasteiger partial charge in [-0.2, -0.15) is 19.0 Å². The minimum atomic E-state index is -3.75. The van der Waals surface area contributed by atoms with Crippen molar-refractivity contribution < 1.29 is 44.7 Å². The highest BCUT2D eigenvalue weighted by atomic mass is 32.2. The van der Waals surface area contributed by atoms with Crippen LogP contribution in [-0.2, 0) is 40.8 Å². The Labute approximate surface area is 310 Å². The minimum absolute atomic E-state index is 0.0217. The summed E-state index contributed by atoms with van der Waals surface area (Å²) in [5.41, 5.74) is -1.85. The third-order valence-corrected chi connectivity index (χ3v) is 9.91.